The number of ether oxygens (including phenoxy) is 1. The van der Waals surface area contributed by atoms with Crippen LogP contribution in [0.1, 0.15) is 46.0 Å². The lowest BCUT2D eigenvalue weighted by molar-refractivity contribution is 0.0594. The second-order valence-electron chi connectivity index (χ2n) is 7.19. The summed E-state index contributed by atoms with van der Waals surface area (Å²) >= 11 is 0. The predicted molar refractivity (Wildman–Crippen MR) is 106 cm³/mol. The van der Waals surface area contributed by atoms with Crippen LogP contribution in [0.25, 0.3) is 0 Å². The fourth-order valence-electron chi connectivity index (χ4n) is 3.12. The van der Waals surface area contributed by atoms with E-state index in [9.17, 15) is 22.4 Å². The Labute approximate surface area is 169 Å². The van der Waals surface area contributed by atoms with E-state index >= 15 is 0 Å². The van der Waals surface area contributed by atoms with E-state index in [1.807, 2.05) is 13.8 Å². The molecule has 0 radical (unpaired) electrons. The molecular formula is C20H25FN2O5S. The van der Waals surface area contributed by atoms with Crippen molar-refractivity contribution < 1.29 is 27.1 Å². The number of rotatable bonds is 8. The van der Waals surface area contributed by atoms with Gasteiger partial charge in [0.2, 0.25) is 10.0 Å². The van der Waals surface area contributed by atoms with Gasteiger partial charge in [0.15, 0.2) is 5.78 Å². The average molecular weight is 424 g/mol. The van der Waals surface area contributed by atoms with Gasteiger partial charge in [-0.25, -0.2) is 17.6 Å². The van der Waals surface area contributed by atoms with Gasteiger partial charge in [-0.05, 0) is 49.6 Å². The number of H-pyrrole nitrogens is 1. The third-order valence-electron chi connectivity index (χ3n) is 4.45. The number of aromatic amines is 1. The number of esters is 1. The highest BCUT2D eigenvalue weighted by Gasteiger charge is 2.30. The van der Waals surface area contributed by atoms with Gasteiger partial charge < -0.3 is 9.72 Å². The number of nitrogens with zero attached hydrogens (tertiary/aromatic N) is 1. The molecule has 0 bridgehead atoms. The molecule has 0 aliphatic rings. The second-order valence-corrected chi connectivity index (χ2v) is 9.12. The fraction of sp³-hybridized carbons (Fsp3) is 0.400. The molecule has 7 nitrogen and oxygen atoms in total. The Bertz CT molecular complexity index is 1010. The number of carbonyl (C=O) groups excluding carboxylic acids is 2. The number of carbonyl (C=O) groups is 2. The van der Waals surface area contributed by atoms with E-state index in [-0.39, 0.29) is 28.6 Å². The highest BCUT2D eigenvalue weighted by molar-refractivity contribution is 7.89. The van der Waals surface area contributed by atoms with Crippen molar-refractivity contribution in [2.24, 2.45) is 5.92 Å². The summed E-state index contributed by atoms with van der Waals surface area (Å²) in [7, 11) is -2.78. The quantitative estimate of drug-likeness (QED) is 0.519. The smallest absolute Gasteiger partial charge is 0.354 e. The Balaban J connectivity index is 2.41. The zero-order valence-electron chi connectivity index (χ0n) is 17.1. The molecule has 0 spiro atoms. The van der Waals surface area contributed by atoms with Crippen molar-refractivity contribution in [2.75, 3.05) is 20.2 Å². The number of hydrogen-bond acceptors (Lipinski definition) is 5. The van der Waals surface area contributed by atoms with Gasteiger partial charge in [-0.15, -0.1) is 0 Å². The lowest BCUT2D eigenvalue weighted by Crippen LogP contribution is -2.38. The first kappa shape index (κ1) is 22.8. The maximum Gasteiger partial charge on any atom is 0.354 e. The van der Waals surface area contributed by atoms with Gasteiger partial charge in [-0.3, -0.25) is 4.79 Å². The van der Waals surface area contributed by atoms with E-state index in [1.54, 1.807) is 13.8 Å². The highest BCUT2D eigenvalue weighted by atomic mass is 32.2. The van der Waals surface area contributed by atoms with E-state index in [1.165, 1.54) is 19.2 Å². The van der Waals surface area contributed by atoms with Crippen LogP contribution in [0.4, 0.5) is 4.39 Å². The molecule has 0 saturated carbocycles. The lowest BCUT2D eigenvalue weighted by atomic mass is 10.1. The number of ketones is 1. The number of Topliss-reactive ketones (excluding diaryl/α,β-unsaturated/α-hetero) is 1. The number of aryl methyl sites for hydroxylation is 1. The second kappa shape index (κ2) is 8.87. The summed E-state index contributed by atoms with van der Waals surface area (Å²) in [5, 5.41) is 0. The first-order valence-electron chi connectivity index (χ1n) is 9.05. The molecule has 9 heteroatoms. The normalized spacial score (nSPS) is 11.9. The van der Waals surface area contributed by atoms with Gasteiger partial charge in [0.25, 0.3) is 0 Å². The van der Waals surface area contributed by atoms with Gasteiger partial charge >= 0.3 is 5.97 Å². The molecule has 0 unspecified atom stereocenters. The van der Waals surface area contributed by atoms with E-state index in [2.05, 4.69) is 4.98 Å². The molecule has 1 N–H and O–H groups in total. The minimum Gasteiger partial charge on any atom is -0.464 e. The zero-order chi connectivity index (χ0) is 21.9. The maximum atomic E-state index is 13.2. The van der Waals surface area contributed by atoms with Crippen LogP contribution in [0.3, 0.4) is 0 Å². The summed E-state index contributed by atoms with van der Waals surface area (Å²) in [6, 6.07) is 4.46. The number of methoxy groups -OCH3 is 1. The van der Waals surface area contributed by atoms with E-state index in [0.717, 1.165) is 16.4 Å². The summed E-state index contributed by atoms with van der Waals surface area (Å²) in [4.78, 5) is 27.6. The topological polar surface area (TPSA) is 96.5 Å². The average Bonchev–Trinajstić information content (AvgIpc) is 2.94. The monoisotopic (exact) mass is 424 g/mol. The van der Waals surface area contributed by atoms with Crippen LogP contribution in [0.5, 0.6) is 0 Å². The molecule has 1 heterocycles. The SMILES string of the molecule is COC(=O)c1[nH]c(C)c(C(=O)CN(CC(C)C)S(=O)(=O)c2ccc(F)cc2)c1C. The van der Waals surface area contributed by atoms with Crippen LogP contribution in [-0.4, -0.2) is 49.7 Å². The first-order valence-corrected chi connectivity index (χ1v) is 10.5. The van der Waals surface area contributed by atoms with Crippen LogP contribution in [0.2, 0.25) is 0 Å². The predicted octanol–water partition coefficient (Wildman–Crippen LogP) is 3.09. The number of halogens is 1. The molecule has 158 valence electrons. The largest absolute Gasteiger partial charge is 0.464 e. The molecule has 0 atom stereocenters. The Hall–Kier alpha value is -2.52. The Kier molecular flexibility index (Phi) is 6.97. The number of benzene rings is 1. The highest BCUT2D eigenvalue weighted by Crippen LogP contribution is 2.22. The van der Waals surface area contributed by atoms with Gasteiger partial charge in [0.1, 0.15) is 11.5 Å². The van der Waals surface area contributed by atoms with E-state index in [4.69, 9.17) is 4.74 Å². The summed E-state index contributed by atoms with van der Waals surface area (Å²) in [5.74, 6) is -1.65. The van der Waals surface area contributed by atoms with E-state index in [0.29, 0.717) is 11.3 Å². The molecule has 29 heavy (non-hydrogen) atoms. The summed E-state index contributed by atoms with van der Waals surface area (Å²) < 4.78 is 45.1. The van der Waals surface area contributed by atoms with Gasteiger partial charge in [0.05, 0.1) is 18.6 Å². The van der Waals surface area contributed by atoms with Gasteiger partial charge in [0, 0.05) is 17.8 Å². The van der Waals surface area contributed by atoms with Gasteiger partial charge in [-0.2, -0.15) is 4.31 Å². The number of aromatic nitrogens is 1. The maximum absolute atomic E-state index is 13.2. The van der Waals surface area contributed by atoms with Crippen molar-refractivity contribution in [1.29, 1.82) is 0 Å². The Morgan fingerprint density at radius 3 is 2.28 bits per heavy atom. The minimum absolute atomic E-state index is 0.0444. The standard InChI is InChI=1S/C20H25FN2O5S/c1-12(2)10-23(29(26,27)16-8-6-15(21)7-9-16)11-17(24)18-13(3)19(20(25)28-5)22-14(18)4/h6-9,12,22H,10-11H2,1-5H3. The molecule has 0 amide bonds. The molecule has 0 fully saturated rings. The fourth-order valence-corrected chi connectivity index (χ4v) is 4.68. The van der Waals surface area contributed by atoms with Crippen molar-refractivity contribution in [3.8, 4) is 0 Å². The lowest BCUT2D eigenvalue weighted by Gasteiger charge is -2.23. The molecule has 1 aromatic carbocycles. The van der Waals surface area contributed by atoms with Crippen LogP contribution in [0.15, 0.2) is 29.2 Å². The van der Waals surface area contributed by atoms with E-state index < -0.39 is 34.1 Å². The van der Waals surface area contributed by atoms with Crippen LogP contribution in [-0.2, 0) is 14.8 Å². The molecule has 1 aromatic heterocycles. The van der Waals surface area contributed by atoms with Crippen LogP contribution < -0.4 is 0 Å². The number of sulfonamides is 1. The minimum atomic E-state index is -4.01. The molecule has 0 aliphatic carbocycles. The van der Waals surface area contributed by atoms with Crippen molar-refractivity contribution in [3.63, 3.8) is 0 Å². The number of hydrogen-bond donors (Lipinski definition) is 1. The Morgan fingerprint density at radius 2 is 1.76 bits per heavy atom. The van der Waals surface area contributed by atoms with Crippen LogP contribution >= 0.6 is 0 Å². The van der Waals surface area contributed by atoms with Crippen LogP contribution in [0, 0.1) is 25.6 Å². The third-order valence-corrected chi connectivity index (χ3v) is 6.27. The third kappa shape index (κ3) is 4.91. The molecule has 2 aromatic rings. The van der Waals surface area contributed by atoms with Crippen molar-refractivity contribution in [2.45, 2.75) is 32.6 Å². The molecule has 0 aliphatic heterocycles. The van der Waals surface area contributed by atoms with Crippen molar-refractivity contribution >= 4 is 21.8 Å². The van der Waals surface area contributed by atoms with Crippen molar-refractivity contribution in [1.82, 2.24) is 9.29 Å². The molecule has 2 rings (SSSR count). The zero-order valence-corrected chi connectivity index (χ0v) is 17.9. The van der Waals surface area contributed by atoms with Crippen molar-refractivity contribution in [3.05, 3.63) is 52.6 Å². The first-order chi connectivity index (χ1) is 13.5. The molecule has 0 saturated heterocycles. The Morgan fingerprint density at radius 1 is 1.17 bits per heavy atom. The molecular weight excluding hydrogens is 399 g/mol. The number of nitrogens with one attached hydrogen (secondary N) is 1. The van der Waals surface area contributed by atoms with Gasteiger partial charge in [-0.1, -0.05) is 13.8 Å². The summed E-state index contributed by atoms with van der Waals surface area (Å²) in [5.41, 5.74) is 1.28. The summed E-state index contributed by atoms with van der Waals surface area (Å²) in [6.07, 6.45) is 0. The summed E-state index contributed by atoms with van der Waals surface area (Å²) in [6.45, 7) is 6.60.